The Balaban J connectivity index is 1.51. The number of nitrogen functional groups attached to an aromatic ring is 1. The van der Waals surface area contributed by atoms with Gasteiger partial charge in [-0.1, -0.05) is 24.3 Å². The second-order valence-electron chi connectivity index (χ2n) is 6.89. The zero-order valence-corrected chi connectivity index (χ0v) is 16.0. The van der Waals surface area contributed by atoms with Gasteiger partial charge in [-0.15, -0.1) is 0 Å². The number of fused-ring (bicyclic) bond motifs is 1. The van der Waals surface area contributed by atoms with Gasteiger partial charge in [0.15, 0.2) is 5.82 Å². The summed E-state index contributed by atoms with van der Waals surface area (Å²) in [6, 6.07) is 12.6. The van der Waals surface area contributed by atoms with Gasteiger partial charge in [-0.05, 0) is 30.7 Å². The standard InChI is InChI=1S/C22H19N7O/c23-20-19-18(28-21(16-4-3-11-24-16)29(19)13-12-26-20)14-6-8-15(9-7-14)22(30)27-17-5-1-2-10-25-17/h1-2,4-10,12-13,24H,3,11H2,(H2,23,26)(H,25,27,30). The van der Waals surface area contributed by atoms with Crippen molar-refractivity contribution in [2.75, 3.05) is 17.6 Å². The van der Waals surface area contributed by atoms with Gasteiger partial charge in [0.2, 0.25) is 0 Å². The minimum atomic E-state index is -0.225. The molecule has 0 spiro atoms. The molecule has 8 nitrogen and oxygen atoms in total. The molecular formula is C22H19N7O. The van der Waals surface area contributed by atoms with E-state index in [2.05, 4.69) is 26.7 Å². The Bertz CT molecular complexity index is 1260. The summed E-state index contributed by atoms with van der Waals surface area (Å²) in [5.41, 5.74) is 10.0. The van der Waals surface area contributed by atoms with Crippen molar-refractivity contribution in [1.29, 1.82) is 0 Å². The van der Waals surface area contributed by atoms with Crippen LogP contribution in [0.3, 0.4) is 0 Å². The van der Waals surface area contributed by atoms with Crippen molar-refractivity contribution in [3.05, 3.63) is 78.5 Å². The fourth-order valence-electron chi connectivity index (χ4n) is 3.53. The van der Waals surface area contributed by atoms with Crippen LogP contribution in [0.2, 0.25) is 0 Å². The average molecular weight is 397 g/mol. The van der Waals surface area contributed by atoms with E-state index in [1.807, 2.05) is 28.8 Å². The lowest BCUT2D eigenvalue weighted by Crippen LogP contribution is -2.12. The molecule has 0 fully saturated rings. The summed E-state index contributed by atoms with van der Waals surface area (Å²) in [5, 5.41) is 6.14. The molecule has 148 valence electrons. The Morgan fingerprint density at radius 2 is 1.97 bits per heavy atom. The monoisotopic (exact) mass is 397 g/mol. The number of amides is 1. The van der Waals surface area contributed by atoms with E-state index in [9.17, 15) is 4.79 Å². The Hall–Kier alpha value is -4.20. The maximum atomic E-state index is 12.5. The van der Waals surface area contributed by atoms with Crippen LogP contribution in [0.5, 0.6) is 0 Å². The molecule has 4 N–H and O–H groups in total. The van der Waals surface area contributed by atoms with Crippen molar-refractivity contribution in [2.24, 2.45) is 0 Å². The molecule has 0 aliphatic carbocycles. The molecule has 4 aromatic rings. The first kappa shape index (κ1) is 17.9. The SMILES string of the molecule is Nc1nccn2c(C3=CCCN3)nc(-c3ccc(C(=O)Nc4ccccn4)cc3)c12. The summed E-state index contributed by atoms with van der Waals surface area (Å²) in [4.78, 5) is 25.7. The highest BCUT2D eigenvalue weighted by Gasteiger charge is 2.20. The number of nitrogens with zero attached hydrogens (tertiary/aromatic N) is 4. The molecule has 1 aliphatic heterocycles. The van der Waals surface area contributed by atoms with Gasteiger partial charge >= 0.3 is 0 Å². The maximum Gasteiger partial charge on any atom is 0.256 e. The van der Waals surface area contributed by atoms with Gasteiger partial charge in [0.05, 0.1) is 5.70 Å². The predicted molar refractivity (Wildman–Crippen MR) is 116 cm³/mol. The van der Waals surface area contributed by atoms with Gasteiger partial charge in [-0.3, -0.25) is 9.20 Å². The minimum Gasteiger partial charge on any atom is -0.382 e. The van der Waals surface area contributed by atoms with E-state index in [1.165, 1.54) is 0 Å². The van der Waals surface area contributed by atoms with Crippen LogP contribution in [0.15, 0.2) is 67.1 Å². The Morgan fingerprint density at radius 1 is 1.10 bits per heavy atom. The largest absolute Gasteiger partial charge is 0.382 e. The molecule has 1 amide bonds. The molecule has 3 aromatic heterocycles. The molecule has 0 bridgehead atoms. The first-order valence-electron chi connectivity index (χ1n) is 9.60. The smallest absolute Gasteiger partial charge is 0.256 e. The number of pyridine rings is 1. The van der Waals surface area contributed by atoms with Crippen LogP contribution >= 0.6 is 0 Å². The zero-order chi connectivity index (χ0) is 20.5. The van der Waals surface area contributed by atoms with Crippen molar-refractivity contribution in [1.82, 2.24) is 24.7 Å². The van der Waals surface area contributed by atoms with Gasteiger partial charge in [0.1, 0.15) is 22.8 Å². The van der Waals surface area contributed by atoms with Crippen LogP contribution in [0, 0.1) is 0 Å². The summed E-state index contributed by atoms with van der Waals surface area (Å²) < 4.78 is 1.95. The Morgan fingerprint density at radius 3 is 2.70 bits per heavy atom. The highest BCUT2D eigenvalue weighted by molar-refractivity contribution is 6.04. The number of hydrogen-bond acceptors (Lipinski definition) is 6. The topological polar surface area (TPSA) is 110 Å². The maximum absolute atomic E-state index is 12.5. The lowest BCUT2D eigenvalue weighted by Gasteiger charge is -2.05. The van der Waals surface area contributed by atoms with Gasteiger partial charge in [-0.25, -0.2) is 15.0 Å². The van der Waals surface area contributed by atoms with Gasteiger partial charge in [0, 0.05) is 36.3 Å². The molecule has 0 radical (unpaired) electrons. The molecule has 4 heterocycles. The molecule has 30 heavy (non-hydrogen) atoms. The summed E-state index contributed by atoms with van der Waals surface area (Å²) in [6.45, 7) is 0.889. The number of nitrogens with two attached hydrogens (primary N) is 1. The molecule has 1 aliphatic rings. The van der Waals surface area contributed by atoms with Crippen LogP contribution < -0.4 is 16.4 Å². The third kappa shape index (κ3) is 3.14. The quantitative estimate of drug-likeness (QED) is 0.488. The van der Waals surface area contributed by atoms with Crippen molar-refractivity contribution in [2.45, 2.75) is 6.42 Å². The van der Waals surface area contributed by atoms with Crippen LogP contribution in [-0.2, 0) is 0 Å². The average Bonchev–Trinajstić information content (AvgIpc) is 3.43. The number of rotatable bonds is 4. The number of benzene rings is 1. The molecule has 5 rings (SSSR count). The van der Waals surface area contributed by atoms with Gasteiger partial charge in [-0.2, -0.15) is 0 Å². The van der Waals surface area contributed by atoms with E-state index in [0.29, 0.717) is 17.2 Å². The van der Waals surface area contributed by atoms with Crippen LogP contribution in [-0.4, -0.2) is 31.8 Å². The Kier molecular flexibility index (Phi) is 4.36. The lowest BCUT2D eigenvalue weighted by atomic mass is 10.1. The van der Waals surface area contributed by atoms with E-state index >= 15 is 0 Å². The highest BCUT2D eigenvalue weighted by Crippen LogP contribution is 2.30. The third-order valence-electron chi connectivity index (χ3n) is 4.96. The van der Waals surface area contributed by atoms with Crippen molar-refractivity contribution >= 4 is 28.8 Å². The number of hydrogen-bond donors (Lipinski definition) is 3. The van der Waals surface area contributed by atoms with E-state index in [0.717, 1.165) is 41.3 Å². The molecular weight excluding hydrogens is 378 g/mol. The number of aromatic nitrogens is 4. The number of imidazole rings is 1. The number of carbonyl (C=O) groups is 1. The van der Waals surface area contributed by atoms with Crippen molar-refractivity contribution in [3.63, 3.8) is 0 Å². The third-order valence-corrected chi connectivity index (χ3v) is 4.96. The molecule has 0 atom stereocenters. The number of anilines is 2. The van der Waals surface area contributed by atoms with E-state index in [4.69, 9.17) is 10.7 Å². The zero-order valence-electron chi connectivity index (χ0n) is 16.0. The molecule has 0 saturated carbocycles. The fraction of sp³-hybridized carbons (Fsp3) is 0.0909. The second-order valence-corrected chi connectivity index (χ2v) is 6.89. The van der Waals surface area contributed by atoms with Gasteiger partial charge in [0.25, 0.3) is 5.91 Å². The summed E-state index contributed by atoms with van der Waals surface area (Å²) in [6.07, 6.45) is 8.23. The van der Waals surface area contributed by atoms with Crippen LogP contribution in [0.4, 0.5) is 11.6 Å². The lowest BCUT2D eigenvalue weighted by molar-refractivity contribution is 0.102. The fourth-order valence-corrected chi connectivity index (χ4v) is 3.53. The summed E-state index contributed by atoms with van der Waals surface area (Å²) >= 11 is 0. The Labute approximate surface area is 172 Å². The van der Waals surface area contributed by atoms with E-state index < -0.39 is 0 Å². The van der Waals surface area contributed by atoms with Crippen molar-refractivity contribution < 1.29 is 4.79 Å². The van der Waals surface area contributed by atoms with E-state index in [1.54, 1.807) is 36.7 Å². The van der Waals surface area contributed by atoms with E-state index in [-0.39, 0.29) is 5.91 Å². The normalized spacial score (nSPS) is 13.1. The van der Waals surface area contributed by atoms with Crippen LogP contribution in [0.25, 0.3) is 22.5 Å². The van der Waals surface area contributed by atoms with Crippen LogP contribution in [0.1, 0.15) is 22.6 Å². The minimum absolute atomic E-state index is 0.225. The molecule has 1 aromatic carbocycles. The van der Waals surface area contributed by atoms with Gasteiger partial charge < -0.3 is 16.4 Å². The number of nitrogens with one attached hydrogen (secondary N) is 2. The predicted octanol–water partition coefficient (Wildman–Crippen LogP) is 2.96. The molecule has 0 saturated heterocycles. The summed E-state index contributed by atoms with van der Waals surface area (Å²) in [7, 11) is 0. The number of carbonyl (C=O) groups excluding carboxylic acids is 1. The highest BCUT2D eigenvalue weighted by atomic mass is 16.1. The first-order chi connectivity index (χ1) is 14.7. The molecule has 0 unspecified atom stereocenters. The van der Waals surface area contributed by atoms with Crippen molar-refractivity contribution in [3.8, 4) is 11.3 Å². The molecule has 8 heteroatoms. The second kappa shape index (κ2) is 7.32. The summed E-state index contributed by atoms with van der Waals surface area (Å²) in [5.74, 6) is 1.48. The first-order valence-corrected chi connectivity index (χ1v) is 9.60.